The predicted octanol–water partition coefficient (Wildman–Crippen LogP) is 1.53. The maximum Gasteiger partial charge on any atom is 0.261 e. The number of thiophene rings is 1. The van der Waals surface area contributed by atoms with E-state index in [9.17, 15) is 4.79 Å². The summed E-state index contributed by atoms with van der Waals surface area (Å²) < 4.78 is 0. The number of amides is 1. The first kappa shape index (κ1) is 13.5. The van der Waals surface area contributed by atoms with Gasteiger partial charge >= 0.3 is 0 Å². The molecule has 2 aromatic rings. The number of guanidine groups is 1. The van der Waals surface area contributed by atoms with Crippen LogP contribution in [0.1, 0.15) is 16.6 Å². The molecule has 0 spiro atoms. The van der Waals surface area contributed by atoms with Crippen molar-refractivity contribution < 1.29 is 4.79 Å². The van der Waals surface area contributed by atoms with Gasteiger partial charge in [-0.1, -0.05) is 0 Å². The number of hydrogen-bond donors (Lipinski definition) is 3. The maximum atomic E-state index is 11.7. The molecule has 100 valence electrons. The molecule has 0 unspecified atom stereocenters. The lowest BCUT2D eigenvalue weighted by atomic mass is 10.3. The molecule has 0 aromatic carbocycles. The summed E-state index contributed by atoms with van der Waals surface area (Å²) in [7, 11) is 0. The van der Waals surface area contributed by atoms with Gasteiger partial charge in [0.05, 0.1) is 15.4 Å². The van der Waals surface area contributed by atoms with Gasteiger partial charge < -0.3 is 16.8 Å². The molecule has 5 N–H and O–H groups in total. The van der Waals surface area contributed by atoms with Crippen LogP contribution < -0.4 is 16.8 Å². The van der Waals surface area contributed by atoms with Crippen LogP contribution in [-0.4, -0.2) is 23.4 Å². The van der Waals surface area contributed by atoms with E-state index in [-0.39, 0.29) is 11.9 Å². The molecule has 0 aliphatic rings. The van der Waals surface area contributed by atoms with Crippen LogP contribution in [0.5, 0.6) is 0 Å². The number of thiazole rings is 1. The van der Waals surface area contributed by atoms with Crippen molar-refractivity contribution in [3.05, 3.63) is 22.4 Å². The van der Waals surface area contributed by atoms with Crippen molar-refractivity contribution in [1.82, 2.24) is 10.3 Å². The first-order chi connectivity index (χ1) is 9.10. The largest absolute Gasteiger partial charge is 0.370 e. The molecule has 2 heterocycles. The van der Waals surface area contributed by atoms with E-state index < -0.39 is 0 Å². The molecule has 0 fully saturated rings. The van der Waals surface area contributed by atoms with Crippen LogP contribution in [0.15, 0.2) is 22.5 Å². The molecule has 0 aliphatic heterocycles. The fourth-order valence-electron chi connectivity index (χ4n) is 1.38. The van der Waals surface area contributed by atoms with E-state index in [1.165, 1.54) is 22.7 Å². The van der Waals surface area contributed by atoms with Crippen LogP contribution in [0.25, 0.3) is 10.6 Å². The second-order valence-electron chi connectivity index (χ2n) is 3.58. The summed E-state index contributed by atoms with van der Waals surface area (Å²) in [4.78, 5) is 21.4. The number of nitrogens with two attached hydrogens (primary N) is 2. The molecular formula is C11H13N5OS2. The topological polar surface area (TPSA) is 106 Å². The summed E-state index contributed by atoms with van der Waals surface area (Å²) in [5.41, 5.74) is 11.4. The molecule has 1 amide bonds. The summed E-state index contributed by atoms with van der Waals surface area (Å²) >= 11 is 2.74. The molecule has 2 rings (SSSR count). The molecule has 0 saturated carbocycles. The van der Waals surface area contributed by atoms with Gasteiger partial charge in [0.15, 0.2) is 5.96 Å². The van der Waals surface area contributed by atoms with Gasteiger partial charge in [-0.05, 0) is 19.1 Å². The molecule has 0 radical (unpaired) electrons. The SMILES string of the molecule is CCNC(=O)c1ccc(-c2csc(N=C(N)N)n2)s1. The van der Waals surface area contributed by atoms with Gasteiger partial charge in [0, 0.05) is 11.9 Å². The zero-order chi connectivity index (χ0) is 13.8. The minimum atomic E-state index is -0.0709. The van der Waals surface area contributed by atoms with Crippen molar-refractivity contribution in [2.24, 2.45) is 16.5 Å². The molecule has 0 atom stereocenters. The monoisotopic (exact) mass is 295 g/mol. The molecular weight excluding hydrogens is 282 g/mol. The van der Waals surface area contributed by atoms with Gasteiger partial charge in [-0.25, -0.2) is 4.98 Å². The number of hydrogen-bond acceptors (Lipinski definition) is 5. The molecule has 6 nitrogen and oxygen atoms in total. The molecule has 0 saturated heterocycles. The molecule has 2 aromatic heterocycles. The Morgan fingerprint density at radius 3 is 2.95 bits per heavy atom. The zero-order valence-corrected chi connectivity index (χ0v) is 11.8. The van der Waals surface area contributed by atoms with Crippen LogP contribution in [0.2, 0.25) is 0 Å². The number of nitrogens with zero attached hydrogens (tertiary/aromatic N) is 2. The van der Waals surface area contributed by atoms with Crippen LogP contribution in [0, 0.1) is 0 Å². The lowest BCUT2D eigenvalue weighted by Crippen LogP contribution is -2.21. The van der Waals surface area contributed by atoms with E-state index >= 15 is 0 Å². The van der Waals surface area contributed by atoms with Gasteiger partial charge in [-0.15, -0.1) is 22.7 Å². The first-order valence-corrected chi connectivity index (χ1v) is 7.23. The van der Waals surface area contributed by atoms with Gasteiger partial charge in [-0.2, -0.15) is 4.99 Å². The predicted molar refractivity (Wildman–Crippen MR) is 78.9 cm³/mol. The fourth-order valence-corrected chi connectivity index (χ4v) is 3.05. The van der Waals surface area contributed by atoms with Gasteiger partial charge in [0.25, 0.3) is 5.91 Å². The highest BCUT2D eigenvalue weighted by molar-refractivity contribution is 7.18. The Bertz CT molecular complexity index is 612. The minimum Gasteiger partial charge on any atom is -0.370 e. The zero-order valence-electron chi connectivity index (χ0n) is 10.2. The van der Waals surface area contributed by atoms with Crippen molar-refractivity contribution >= 4 is 39.7 Å². The highest BCUT2D eigenvalue weighted by Gasteiger charge is 2.11. The molecule has 0 aliphatic carbocycles. The van der Waals surface area contributed by atoms with Crippen LogP contribution in [-0.2, 0) is 0 Å². The van der Waals surface area contributed by atoms with Crippen molar-refractivity contribution in [3.63, 3.8) is 0 Å². The third kappa shape index (κ3) is 3.30. The third-order valence-corrected chi connectivity index (χ3v) is 3.98. The van der Waals surface area contributed by atoms with E-state index in [4.69, 9.17) is 11.5 Å². The fraction of sp³-hybridized carbons (Fsp3) is 0.182. The van der Waals surface area contributed by atoms with Gasteiger partial charge in [0.2, 0.25) is 5.13 Å². The quantitative estimate of drug-likeness (QED) is 0.587. The van der Waals surface area contributed by atoms with Crippen molar-refractivity contribution in [1.29, 1.82) is 0 Å². The van der Waals surface area contributed by atoms with Gasteiger partial charge in [0.1, 0.15) is 0 Å². The summed E-state index contributed by atoms with van der Waals surface area (Å²) in [6, 6.07) is 3.65. The maximum absolute atomic E-state index is 11.7. The number of aromatic nitrogens is 1. The van der Waals surface area contributed by atoms with E-state index in [0.29, 0.717) is 16.6 Å². The summed E-state index contributed by atoms with van der Waals surface area (Å²) in [6.07, 6.45) is 0. The normalized spacial score (nSPS) is 10.2. The van der Waals surface area contributed by atoms with E-state index in [1.807, 2.05) is 18.4 Å². The molecule has 0 bridgehead atoms. The van der Waals surface area contributed by atoms with E-state index in [1.54, 1.807) is 6.07 Å². The Kier molecular flexibility index (Phi) is 4.13. The smallest absolute Gasteiger partial charge is 0.261 e. The van der Waals surface area contributed by atoms with E-state index in [0.717, 1.165) is 10.6 Å². The number of carbonyl (C=O) groups is 1. The Hall–Kier alpha value is -1.93. The summed E-state index contributed by atoms with van der Waals surface area (Å²) in [5.74, 6) is -0.0893. The number of aliphatic imine (C=N–C) groups is 1. The molecule has 19 heavy (non-hydrogen) atoms. The van der Waals surface area contributed by atoms with E-state index in [2.05, 4.69) is 15.3 Å². The first-order valence-electron chi connectivity index (χ1n) is 5.53. The minimum absolute atomic E-state index is 0.0184. The Labute approximate surface area is 118 Å². The Morgan fingerprint density at radius 1 is 1.47 bits per heavy atom. The summed E-state index contributed by atoms with van der Waals surface area (Å²) in [6.45, 7) is 2.49. The van der Waals surface area contributed by atoms with Crippen molar-refractivity contribution in [2.75, 3.05) is 6.54 Å². The van der Waals surface area contributed by atoms with Crippen molar-refractivity contribution in [2.45, 2.75) is 6.92 Å². The Morgan fingerprint density at radius 2 is 2.26 bits per heavy atom. The second-order valence-corrected chi connectivity index (χ2v) is 5.50. The average Bonchev–Trinajstić information content (AvgIpc) is 2.96. The van der Waals surface area contributed by atoms with Crippen LogP contribution in [0.3, 0.4) is 0 Å². The highest BCUT2D eigenvalue weighted by atomic mass is 32.1. The average molecular weight is 295 g/mol. The number of rotatable bonds is 4. The van der Waals surface area contributed by atoms with Crippen LogP contribution >= 0.6 is 22.7 Å². The lowest BCUT2D eigenvalue weighted by molar-refractivity contribution is 0.0960. The standard InChI is InChI=1S/C11H13N5OS2/c1-2-14-9(17)8-4-3-7(19-8)6-5-18-11(15-6)16-10(12)13/h3-5H,2H2,1H3,(H,14,17)(H4,12,13,15,16). The number of carbonyl (C=O) groups excluding carboxylic acids is 1. The molecule has 8 heteroatoms. The lowest BCUT2D eigenvalue weighted by Gasteiger charge is -1.96. The summed E-state index contributed by atoms with van der Waals surface area (Å²) in [5, 5.41) is 5.12. The third-order valence-electron chi connectivity index (χ3n) is 2.14. The van der Waals surface area contributed by atoms with Crippen molar-refractivity contribution in [3.8, 4) is 10.6 Å². The highest BCUT2D eigenvalue weighted by Crippen LogP contribution is 2.31. The Balaban J connectivity index is 2.21. The second kappa shape index (κ2) is 5.81. The number of nitrogens with one attached hydrogen (secondary N) is 1. The van der Waals surface area contributed by atoms with Gasteiger partial charge in [-0.3, -0.25) is 4.79 Å². The van der Waals surface area contributed by atoms with Crippen LogP contribution in [0.4, 0.5) is 5.13 Å².